The fraction of sp³-hybridized carbons (Fsp3) is 0.400. The van der Waals surface area contributed by atoms with E-state index in [-0.39, 0.29) is 30.0 Å². The molecule has 9 heteroatoms. The Labute approximate surface area is 259 Å². The molecule has 0 spiro atoms. The molecule has 0 heterocycles. The molecule has 0 bridgehead atoms. The van der Waals surface area contributed by atoms with Crippen LogP contribution in [0.3, 0.4) is 0 Å². The van der Waals surface area contributed by atoms with Crippen LogP contribution in [0.1, 0.15) is 62.4 Å². The van der Waals surface area contributed by atoms with Crippen LogP contribution in [-0.4, -0.2) is 52.7 Å². The zero-order chi connectivity index (χ0) is 32.2. The third-order valence-electron chi connectivity index (χ3n) is 7.77. The number of rotatable bonds is 10. The molecule has 1 saturated carbocycles. The fourth-order valence-electron chi connectivity index (χ4n) is 5.13. The number of hydrogen-bond acceptors (Lipinski definition) is 6. The summed E-state index contributed by atoms with van der Waals surface area (Å²) in [6, 6.07) is 17.0. The van der Waals surface area contributed by atoms with Crippen LogP contribution in [0.5, 0.6) is 11.5 Å². The van der Waals surface area contributed by atoms with Gasteiger partial charge in [-0.3, -0.25) is 9.59 Å². The van der Waals surface area contributed by atoms with E-state index < -0.39 is 29.7 Å². The Morgan fingerprint density at radius 1 is 0.977 bits per heavy atom. The minimum Gasteiger partial charge on any atom is -0.508 e. The number of nitrogens with zero attached hydrogens (tertiary/aromatic N) is 1. The second-order valence-electron chi connectivity index (χ2n) is 12.6. The number of carbonyl (C=O) groups excluding carboxylic acids is 3. The Kier molecular flexibility index (Phi) is 9.87. The molecule has 1 aliphatic carbocycles. The summed E-state index contributed by atoms with van der Waals surface area (Å²) < 4.78 is 10.8. The van der Waals surface area contributed by atoms with Gasteiger partial charge in [-0.05, 0) is 106 Å². The summed E-state index contributed by atoms with van der Waals surface area (Å²) in [7, 11) is 1.57. The lowest BCUT2D eigenvalue weighted by Gasteiger charge is -2.35. The molecule has 1 aliphatic rings. The molecule has 9 nitrogen and oxygen atoms in total. The summed E-state index contributed by atoms with van der Waals surface area (Å²) in [5.41, 5.74) is 3.25. The predicted molar refractivity (Wildman–Crippen MR) is 170 cm³/mol. The maximum atomic E-state index is 14.7. The molecule has 0 aliphatic heterocycles. The van der Waals surface area contributed by atoms with Gasteiger partial charge in [0.2, 0.25) is 5.91 Å². The first-order chi connectivity index (χ1) is 20.8. The molecule has 44 heavy (non-hydrogen) atoms. The smallest absolute Gasteiger partial charge is 0.408 e. The number of amides is 3. The van der Waals surface area contributed by atoms with Gasteiger partial charge in [-0.1, -0.05) is 37.3 Å². The molecule has 4 atom stereocenters. The number of nitrogens with one attached hydrogen (secondary N) is 2. The van der Waals surface area contributed by atoms with Crippen LogP contribution in [0.2, 0.25) is 0 Å². The van der Waals surface area contributed by atoms with Crippen molar-refractivity contribution in [3.05, 3.63) is 89.0 Å². The number of benzene rings is 3. The number of ether oxygens (including phenoxy) is 2. The molecular formula is C35H43N3O6. The molecular weight excluding hydrogens is 558 g/mol. The molecule has 3 aromatic rings. The van der Waals surface area contributed by atoms with Gasteiger partial charge in [0.15, 0.2) is 0 Å². The Hall–Kier alpha value is -4.53. The Morgan fingerprint density at radius 3 is 2.16 bits per heavy atom. The van der Waals surface area contributed by atoms with Gasteiger partial charge < -0.3 is 30.1 Å². The molecule has 0 aromatic heterocycles. The van der Waals surface area contributed by atoms with E-state index in [1.54, 1.807) is 69.2 Å². The summed E-state index contributed by atoms with van der Waals surface area (Å²) in [6.45, 7) is 11.3. The first-order valence-corrected chi connectivity index (χ1v) is 14.9. The van der Waals surface area contributed by atoms with Gasteiger partial charge in [-0.2, -0.15) is 0 Å². The van der Waals surface area contributed by atoms with Gasteiger partial charge in [0.05, 0.1) is 7.11 Å². The largest absolute Gasteiger partial charge is 0.508 e. The molecule has 3 amide bonds. The maximum absolute atomic E-state index is 14.7. The minimum atomic E-state index is -1.04. The number of aryl methyl sites for hydroxylation is 2. The van der Waals surface area contributed by atoms with E-state index >= 15 is 0 Å². The standard InChI is InChI=1S/C35H43N3O6/c1-21-8-11-25(18-22(21)2)31(32(40)36-26-12-16-28(43-7)17-13-26)38(30-19-23(30)3)33(41)29(37-34(42)44-35(4,5)6)20-24-9-14-27(39)15-10-24/h8-18,23,29-31,39H,19-20H2,1-7H3,(H,36,40)(H,37,42). The van der Waals surface area contributed by atoms with E-state index in [2.05, 4.69) is 10.6 Å². The van der Waals surface area contributed by atoms with Crippen molar-refractivity contribution in [1.82, 2.24) is 10.2 Å². The van der Waals surface area contributed by atoms with Crippen LogP contribution in [0.25, 0.3) is 0 Å². The van der Waals surface area contributed by atoms with E-state index in [1.165, 1.54) is 12.1 Å². The van der Waals surface area contributed by atoms with E-state index in [1.807, 2.05) is 39.0 Å². The van der Waals surface area contributed by atoms with Crippen molar-refractivity contribution in [2.45, 2.75) is 78.1 Å². The first kappa shape index (κ1) is 32.4. The number of methoxy groups -OCH3 is 1. The number of anilines is 1. The van der Waals surface area contributed by atoms with Crippen molar-refractivity contribution in [1.29, 1.82) is 0 Å². The SMILES string of the molecule is COc1ccc(NC(=O)C(c2ccc(C)c(C)c2)N(C(=O)C(Cc2ccc(O)cc2)NC(=O)OC(C)(C)C)C2CC2C)cc1. The van der Waals surface area contributed by atoms with Crippen molar-refractivity contribution >= 4 is 23.6 Å². The van der Waals surface area contributed by atoms with E-state index in [9.17, 15) is 19.5 Å². The first-order valence-electron chi connectivity index (χ1n) is 14.9. The highest BCUT2D eigenvalue weighted by atomic mass is 16.6. The summed E-state index contributed by atoms with van der Waals surface area (Å²) in [5.74, 6) is 0.147. The fourth-order valence-corrected chi connectivity index (χ4v) is 5.13. The van der Waals surface area contributed by atoms with Gasteiger partial charge in [0, 0.05) is 18.2 Å². The van der Waals surface area contributed by atoms with Gasteiger partial charge in [-0.15, -0.1) is 0 Å². The van der Waals surface area contributed by atoms with Gasteiger partial charge in [0.1, 0.15) is 29.2 Å². The van der Waals surface area contributed by atoms with Crippen LogP contribution in [-0.2, 0) is 20.7 Å². The highest BCUT2D eigenvalue weighted by Crippen LogP contribution is 2.41. The number of phenolic OH excluding ortho intramolecular Hbond substituents is 1. The van der Waals surface area contributed by atoms with Crippen molar-refractivity contribution < 1.29 is 29.0 Å². The zero-order valence-electron chi connectivity index (χ0n) is 26.5. The highest BCUT2D eigenvalue weighted by molar-refractivity contribution is 5.99. The van der Waals surface area contributed by atoms with Crippen LogP contribution in [0, 0.1) is 19.8 Å². The summed E-state index contributed by atoms with van der Waals surface area (Å²) >= 11 is 0. The molecule has 0 saturated heterocycles. The second-order valence-corrected chi connectivity index (χ2v) is 12.6. The topological polar surface area (TPSA) is 117 Å². The zero-order valence-corrected chi connectivity index (χ0v) is 26.5. The third kappa shape index (κ3) is 8.30. The Bertz CT molecular complexity index is 1480. The number of phenols is 1. The highest BCUT2D eigenvalue weighted by Gasteiger charge is 2.48. The summed E-state index contributed by atoms with van der Waals surface area (Å²) in [6.07, 6.45) is 0.126. The van der Waals surface area contributed by atoms with Gasteiger partial charge in [0.25, 0.3) is 5.91 Å². The monoisotopic (exact) mass is 601 g/mol. The minimum absolute atomic E-state index is 0.0927. The number of aromatic hydroxyl groups is 1. The second kappa shape index (κ2) is 13.4. The van der Waals surface area contributed by atoms with E-state index in [0.29, 0.717) is 17.0 Å². The quantitative estimate of drug-likeness (QED) is 0.260. The lowest BCUT2D eigenvalue weighted by atomic mass is 9.97. The predicted octanol–water partition coefficient (Wildman–Crippen LogP) is 6.07. The lowest BCUT2D eigenvalue weighted by molar-refractivity contribution is -0.141. The molecule has 4 unspecified atom stereocenters. The van der Waals surface area contributed by atoms with Gasteiger partial charge in [-0.25, -0.2) is 4.79 Å². The van der Waals surface area contributed by atoms with E-state index in [4.69, 9.17) is 9.47 Å². The Morgan fingerprint density at radius 2 is 1.61 bits per heavy atom. The lowest BCUT2D eigenvalue weighted by Crippen LogP contribution is -2.54. The normalized spacial score (nSPS) is 17.2. The summed E-state index contributed by atoms with van der Waals surface area (Å²) in [5, 5.41) is 15.6. The third-order valence-corrected chi connectivity index (χ3v) is 7.77. The maximum Gasteiger partial charge on any atom is 0.408 e. The average molecular weight is 602 g/mol. The molecule has 1 fully saturated rings. The Balaban J connectivity index is 1.76. The molecule has 3 aromatic carbocycles. The van der Waals surface area contributed by atoms with Crippen LogP contribution in [0.15, 0.2) is 66.7 Å². The van der Waals surface area contributed by atoms with Crippen LogP contribution >= 0.6 is 0 Å². The molecule has 0 radical (unpaired) electrons. The number of alkyl carbamates (subject to hydrolysis) is 1. The average Bonchev–Trinajstić information content (AvgIpc) is 3.68. The van der Waals surface area contributed by atoms with Crippen molar-refractivity contribution in [3.8, 4) is 11.5 Å². The van der Waals surface area contributed by atoms with Gasteiger partial charge >= 0.3 is 6.09 Å². The van der Waals surface area contributed by atoms with Crippen LogP contribution in [0.4, 0.5) is 10.5 Å². The van der Waals surface area contributed by atoms with Crippen molar-refractivity contribution in [2.75, 3.05) is 12.4 Å². The van der Waals surface area contributed by atoms with E-state index in [0.717, 1.165) is 23.1 Å². The van der Waals surface area contributed by atoms with Crippen molar-refractivity contribution in [3.63, 3.8) is 0 Å². The van der Waals surface area contributed by atoms with Crippen LogP contribution < -0.4 is 15.4 Å². The van der Waals surface area contributed by atoms with Crippen molar-refractivity contribution in [2.24, 2.45) is 5.92 Å². The molecule has 234 valence electrons. The molecule has 4 rings (SSSR count). The molecule has 3 N–H and O–H groups in total. The summed E-state index contributed by atoms with van der Waals surface area (Å²) in [4.78, 5) is 43.5. The number of carbonyl (C=O) groups is 3. The number of hydrogen-bond donors (Lipinski definition) is 3.